The van der Waals surface area contributed by atoms with Gasteiger partial charge in [-0.25, -0.2) is 0 Å². The molecule has 0 spiro atoms. The van der Waals surface area contributed by atoms with Crippen molar-refractivity contribution in [3.8, 4) is 5.75 Å². The highest BCUT2D eigenvalue weighted by Crippen LogP contribution is 2.31. The fraction of sp³-hybridized carbons (Fsp3) is 0.364. The highest BCUT2D eigenvalue weighted by atomic mass is 79.9. The van der Waals surface area contributed by atoms with Gasteiger partial charge < -0.3 is 9.53 Å². The Morgan fingerprint density at radius 1 is 1.35 bits per heavy atom. The molecule has 6 heteroatoms. The summed E-state index contributed by atoms with van der Waals surface area (Å²) >= 11 is 2.98. The Labute approximate surface area is 105 Å². The van der Waals surface area contributed by atoms with Crippen molar-refractivity contribution < 1.29 is 22.7 Å². The van der Waals surface area contributed by atoms with Crippen molar-refractivity contribution in [2.75, 3.05) is 0 Å². The summed E-state index contributed by atoms with van der Waals surface area (Å²) in [4.78, 5) is 10.1. The van der Waals surface area contributed by atoms with E-state index in [1.807, 2.05) is 0 Å². The van der Waals surface area contributed by atoms with Crippen molar-refractivity contribution in [3.05, 3.63) is 28.2 Å². The lowest BCUT2D eigenvalue weighted by molar-refractivity contribution is -0.274. The first kappa shape index (κ1) is 14.0. The molecule has 17 heavy (non-hydrogen) atoms. The van der Waals surface area contributed by atoms with Crippen LogP contribution in [0, 0.1) is 0 Å². The van der Waals surface area contributed by atoms with Crippen molar-refractivity contribution in [1.29, 1.82) is 0 Å². The molecule has 94 valence electrons. The number of halogens is 4. The lowest BCUT2D eigenvalue weighted by Crippen LogP contribution is -2.17. The Balaban J connectivity index is 2.75. The summed E-state index contributed by atoms with van der Waals surface area (Å²) in [5, 5.41) is 0. The minimum atomic E-state index is -4.70. The first-order valence-corrected chi connectivity index (χ1v) is 5.69. The molecule has 0 unspecified atom stereocenters. The maximum atomic E-state index is 12.1. The van der Waals surface area contributed by atoms with Crippen molar-refractivity contribution >= 4 is 22.2 Å². The zero-order chi connectivity index (χ0) is 12.9. The van der Waals surface area contributed by atoms with E-state index in [0.717, 1.165) is 6.29 Å². The second-order valence-corrected chi connectivity index (χ2v) is 4.23. The molecular formula is C11H10BrF3O2. The van der Waals surface area contributed by atoms with Crippen LogP contribution in [0.3, 0.4) is 0 Å². The summed E-state index contributed by atoms with van der Waals surface area (Å²) in [7, 11) is 0. The third-order valence-corrected chi connectivity index (χ3v) is 2.66. The molecule has 0 radical (unpaired) electrons. The number of carbonyl (C=O) groups is 1. The van der Waals surface area contributed by atoms with E-state index in [1.165, 1.54) is 12.1 Å². The number of ether oxygens (including phenoxy) is 1. The van der Waals surface area contributed by atoms with E-state index in [1.54, 1.807) is 6.07 Å². The number of hydrogen-bond acceptors (Lipinski definition) is 2. The van der Waals surface area contributed by atoms with E-state index < -0.39 is 6.36 Å². The van der Waals surface area contributed by atoms with Crippen molar-refractivity contribution in [2.45, 2.75) is 25.6 Å². The Bertz CT molecular complexity index is 391. The molecule has 1 aromatic carbocycles. The van der Waals surface area contributed by atoms with Gasteiger partial charge in [-0.3, -0.25) is 0 Å². The maximum absolute atomic E-state index is 12.1. The average Bonchev–Trinajstić information content (AvgIpc) is 2.21. The van der Waals surface area contributed by atoms with Crippen LogP contribution in [0.1, 0.15) is 18.4 Å². The van der Waals surface area contributed by atoms with Crippen LogP contribution in [0.15, 0.2) is 22.7 Å². The Morgan fingerprint density at radius 2 is 2.06 bits per heavy atom. The fourth-order valence-corrected chi connectivity index (χ4v) is 1.62. The first-order valence-electron chi connectivity index (χ1n) is 4.90. The smallest absolute Gasteiger partial charge is 0.405 e. The number of aryl methyl sites for hydroxylation is 1. The molecule has 0 atom stereocenters. The third-order valence-electron chi connectivity index (χ3n) is 2.01. The molecule has 0 N–H and O–H groups in total. The van der Waals surface area contributed by atoms with Gasteiger partial charge in [-0.1, -0.05) is 6.07 Å². The zero-order valence-corrected chi connectivity index (χ0v) is 10.3. The van der Waals surface area contributed by atoms with E-state index in [2.05, 4.69) is 20.7 Å². The number of unbranched alkanes of at least 4 members (excludes halogenated alkanes) is 1. The summed E-state index contributed by atoms with van der Waals surface area (Å²) < 4.78 is 40.3. The van der Waals surface area contributed by atoms with Gasteiger partial charge in [0.2, 0.25) is 0 Å². The topological polar surface area (TPSA) is 26.3 Å². The number of aldehydes is 1. The molecule has 0 aliphatic heterocycles. The average molecular weight is 311 g/mol. The largest absolute Gasteiger partial charge is 0.573 e. The Kier molecular flexibility index (Phi) is 4.99. The number of hydrogen-bond donors (Lipinski definition) is 0. The highest BCUT2D eigenvalue weighted by Gasteiger charge is 2.31. The lowest BCUT2D eigenvalue weighted by atomic mass is 10.1. The van der Waals surface area contributed by atoms with Gasteiger partial charge >= 0.3 is 6.36 Å². The molecule has 2 nitrogen and oxygen atoms in total. The number of alkyl halides is 3. The van der Waals surface area contributed by atoms with Gasteiger partial charge in [-0.05, 0) is 46.5 Å². The van der Waals surface area contributed by atoms with Gasteiger partial charge in [-0.15, -0.1) is 13.2 Å². The SMILES string of the molecule is O=CCCCc1ccc(Br)c(OC(F)(F)F)c1. The molecule has 0 bridgehead atoms. The second-order valence-electron chi connectivity index (χ2n) is 3.37. The van der Waals surface area contributed by atoms with Crippen LogP contribution < -0.4 is 4.74 Å². The summed E-state index contributed by atoms with van der Waals surface area (Å²) in [5.41, 5.74) is 0.703. The van der Waals surface area contributed by atoms with Crippen molar-refractivity contribution in [1.82, 2.24) is 0 Å². The molecule has 0 saturated carbocycles. The van der Waals surface area contributed by atoms with E-state index in [0.29, 0.717) is 24.8 Å². The summed E-state index contributed by atoms with van der Waals surface area (Å²) in [6.07, 6.45) is -2.38. The monoisotopic (exact) mass is 310 g/mol. The van der Waals surface area contributed by atoms with Crippen LogP contribution in [0.25, 0.3) is 0 Å². The number of carbonyl (C=O) groups excluding carboxylic acids is 1. The number of rotatable bonds is 5. The molecule has 0 fully saturated rings. The molecular weight excluding hydrogens is 301 g/mol. The molecule has 0 heterocycles. The summed E-state index contributed by atoms with van der Waals surface area (Å²) in [6, 6.07) is 4.51. The van der Waals surface area contributed by atoms with Crippen molar-refractivity contribution in [2.24, 2.45) is 0 Å². The van der Waals surface area contributed by atoms with E-state index in [-0.39, 0.29) is 10.2 Å². The Morgan fingerprint density at radius 3 is 2.65 bits per heavy atom. The summed E-state index contributed by atoms with van der Waals surface area (Å²) in [5.74, 6) is -0.263. The predicted molar refractivity (Wildman–Crippen MR) is 59.8 cm³/mol. The molecule has 0 aliphatic rings. The minimum Gasteiger partial charge on any atom is -0.405 e. The van der Waals surface area contributed by atoms with Crippen LogP contribution in [0.2, 0.25) is 0 Å². The zero-order valence-electron chi connectivity index (χ0n) is 8.76. The van der Waals surface area contributed by atoms with Crippen LogP contribution in [0.4, 0.5) is 13.2 Å². The molecule has 0 aliphatic carbocycles. The van der Waals surface area contributed by atoms with Crippen molar-refractivity contribution in [3.63, 3.8) is 0 Å². The molecule has 0 aromatic heterocycles. The van der Waals surface area contributed by atoms with Gasteiger partial charge in [0.05, 0.1) is 4.47 Å². The van der Waals surface area contributed by atoms with Crippen LogP contribution in [-0.2, 0) is 11.2 Å². The first-order chi connectivity index (χ1) is 7.92. The van der Waals surface area contributed by atoms with Crippen LogP contribution >= 0.6 is 15.9 Å². The molecule has 0 amide bonds. The van der Waals surface area contributed by atoms with Gasteiger partial charge in [0, 0.05) is 6.42 Å². The Hall–Kier alpha value is -1.04. The third kappa shape index (κ3) is 5.21. The predicted octanol–water partition coefficient (Wildman–Crippen LogP) is 3.87. The van der Waals surface area contributed by atoms with E-state index >= 15 is 0 Å². The molecule has 0 saturated heterocycles. The second kappa shape index (κ2) is 6.05. The van der Waals surface area contributed by atoms with Gasteiger partial charge in [0.15, 0.2) is 0 Å². The van der Waals surface area contributed by atoms with Crippen LogP contribution in [0.5, 0.6) is 5.75 Å². The van der Waals surface area contributed by atoms with Gasteiger partial charge in [0.25, 0.3) is 0 Å². The minimum absolute atomic E-state index is 0.244. The van der Waals surface area contributed by atoms with Gasteiger partial charge in [-0.2, -0.15) is 0 Å². The van der Waals surface area contributed by atoms with Crippen LogP contribution in [-0.4, -0.2) is 12.6 Å². The standard InChI is InChI=1S/C11H10BrF3O2/c12-9-5-4-8(3-1-2-6-16)7-10(9)17-11(13,14)15/h4-7H,1-3H2. The van der Waals surface area contributed by atoms with E-state index in [9.17, 15) is 18.0 Å². The fourth-order valence-electron chi connectivity index (χ4n) is 1.30. The normalized spacial score (nSPS) is 11.3. The highest BCUT2D eigenvalue weighted by molar-refractivity contribution is 9.10. The lowest BCUT2D eigenvalue weighted by Gasteiger charge is -2.11. The quantitative estimate of drug-likeness (QED) is 0.609. The van der Waals surface area contributed by atoms with Gasteiger partial charge in [0.1, 0.15) is 12.0 Å². The summed E-state index contributed by atoms with van der Waals surface area (Å²) in [6.45, 7) is 0. The number of benzene rings is 1. The maximum Gasteiger partial charge on any atom is 0.573 e. The van der Waals surface area contributed by atoms with E-state index in [4.69, 9.17) is 0 Å². The molecule has 1 aromatic rings. The molecule has 1 rings (SSSR count).